The minimum absolute atomic E-state index is 0.0734. The Morgan fingerprint density at radius 2 is 2.20 bits per heavy atom. The number of ether oxygens (including phenoxy) is 2. The molecule has 3 rings (SSSR count). The first-order valence-electron chi connectivity index (χ1n) is 5.70. The van der Waals surface area contributed by atoms with Crippen LogP contribution in [0.4, 0.5) is 0 Å². The number of carbonyl (C=O) groups excluding carboxylic acids is 1. The summed E-state index contributed by atoms with van der Waals surface area (Å²) in [6.07, 6.45) is 3.26. The molecule has 0 saturated heterocycles. The van der Waals surface area contributed by atoms with Gasteiger partial charge >= 0.3 is 0 Å². The van der Waals surface area contributed by atoms with Crippen molar-refractivity contribution < 1.29 is 14.3 Å². The quantitative estimate of drug-likeness (QED) is 0.575. The summed E-state index contributed by atoms with van der Waals surface area (Å²) in [5, 5.41) is 0. The third-order valence-corrected chi connectivity index (χ3v) is 4.53. The van der Waals surface area contributed by atoms with Crippen LogP contribution in [-0.4, -0.2) is 12.6 Å². The normalized spacial score (nSPS) is 13.1. The molecule has 102 valence electrons. The molecule has 2 aromatic rings. The van der Waals surface area contributed by atoms with E-state index < -0.39 is 0 Å². The Hall–Kier alpha value is -1.30. The van der Waals surface area contributed by atoms with Gasteiger partial charge in [0, 0.05) is 0 Å². The van der Waals surface area contributed by atoms with E-state index in [-0.39, 0.29) is 12.6 Å². The Kier molecular flexibility index (Phi) is 3.83. The molecule has 0 fully saturated rings. The monoisotopic (exact) mass is 370 g/mol. The van der Waals surface area contributed by atoms with Crippen molar-refractivity contribution >= 4 is 50.7 Å². The summed E-state index contributed by atoms with van der Waals surface area (Å²) in [6, 6.07) is 7.14. The van der Waals surface area contributed by atoms with Crippen LogP contribution in [0, 0.1) is 0 Å². The fourth-order valence-corrected chi connectivity index (χ4v) is 3.32. The summed E-state index contributed by atoms with van der Waals surface area (Å²) in [6.45, 7) is 0.216. The maximum Gasteiger partial charge on any atom is 0.231 e. The van der Waals surface area contributed by atoms with E-state index >= 15 is 0 Å². The minimum atomic E-state index is -0.0734. The number of hydrogen-bond donors (Lipinski definition) is 0. The Bertz CT molecular complexity index is 708. The van der Waals surface area contributed by atoms with Gasteiger partial charge in [-0.3, -0.25) is 4.79 Å². The molecule has 0 saturated carbocycles. The zero-order valence-electron chi connectivity index (χ0n) is 10.1. The smallest absolute Gasteiger partial charge is 0.231 e. The lowest BCUT2D eigenvalue weighted by molar-refractivity contribution is 0.105. The van der Waals surface area contributed by atoms with Crippen molar-refractivity contribution in [3.63, 3.8) is 0 Å². The highest BCUT2D eigenvalue weighted by Gasteiger charge is 2.17. The average molecular weight is 372 g/mol. The fourth-order valence-electron chi connectivity index (χ4n) is 1.78. The second-order valence-electron chi connectivity index (χ2n) is 4.04. The second-order valence-corrected chi connectivity index (χ2v) is 6.61. The first kappa shape index (κ1) is 13.7. The van der Waals surface area contributed by atoms with Gasteiger partial charge in [0.15, 0.2) is 17.3 Å². The van der Waals surface area contributed by atoms with Crippen molar-refractivity contribution in [1.29, 1.82) is 0 Å². The molecule has 2 heterocycles. The molecule has 0 bridgehead atoms. The van der Waals surface area contributed by atoms with Crippen molar-refractivity contribution in [3.8, 4) is 11.5 Å². The van der Waals surface area contributed by atoms with E-state index in [1.165, 1.54) is 17.4 Å². The Morgan fingerprint density at radius 3 is 2.95 bits per heavy atom. The van der Waals surface area contributed by atoms with Gasteiger partial charge in [0.05, 0.1) is 13.7 Å². The summed E-state index contributed by atoms with van der Waals surface area (Å²) in [4.78, 5) is 12.6. The van der Waals surface area contributed by atoms with Gasteiger partial charge in [0.2, 0.25) is 6.79 Å². The molecular weight excluding hydrogens is 364 g/mol. The van der Waals surface area contributed by atoms with Crippen LogP contribution < -0.4 is 9.47 Å². The highest BCUT2D eigenvalue weighted by atomic mass is 79.9. The molecule has 0 radical (unpaired) electrons. The van der Waals surface area contributed by atoms with E-state index in [1.807, 2.05) is 12.1 Å². The number of carbonyl (C=O) groups is 1. The van der Waals surface area contributed by atoms with Gasteiger partial charge in [0.1, 0.15) is 0 Å². The predicted molar refractivity (Wildman–Crippen MR) is 83.0 cm³/mol. The van der Waals surface area contributed by atoms with Crippen LogP contribution in [0.1, 0.15) is 15.2 Å². The van der Waals surface area contributed by atoms with Crippen LogP contribution in [0.2, 0.25) is 4.34 Å². The lowest BCUT2D eigenvalue weighted by Crippen LogP contribution is -1.93. The maximum atomic E-state index is 11.9. The number of thiophene rings is 1. The molecule has 0 N–H and O–H groups in total. The van der Waals surface area contributed by atoms with Crippen LogP contribution >= 0.6 is 38.9 Å². The molecule has 1 aromatic carbocycles. The number of halogens is 2. The van der Waals surface area contributed by atoms with Gasteiger partial charge in [0.25, 0.3) is 0 Å². The highest BCUT2D eigenvalue weighted by Crippen LogP contribution is 2.40. The van der Waals surface area contributed by atoms with Crippen molar-refractivity contribution in [2.45, 2.75) is 0 Å². The van der Waals surface area contributed by atoms with Crippen LogP contribution in [0.25, 0.3) is 6.08 Å². The number of ketones is 1. The molecule has 0 amide bonds. The fraction of sp³-hybridized carbons (Fsp3) is 0.0714. The summed E-state index contributed by atoms with van der Waals surface area (Å²) >= 11 is 10.5. The summed E-state index contributed by atoms with van der Waals surface area (Å²) in [5.41, 5.74) is 0.858. The number of hydrogen-bond acceptors (Lipinski definition) is 4. The van der Waals surface area contributed by atoms with Crippen LogP contribution in [0.15, 0.2) is 34.8 Å². The minimum Gasteiger partial charge on any atom is -0.454 e. The zero-order valence-corrected chi connectivity index (χ0v) is 13.2. The van der Waals surface area contributed by atoms with E-state index in [1.54, 1.807) is 18.2 Å². The number of benzene rings is 1. The van der Waals surface area contributed by atoms with Gasteiger partial charge in [-0.05, 0) is 51.8 Å². The lowest BCUT2D eigenvalue weighted by Gasteiger charge is -2.01. The van der Waals surface area contributed by atoms with Crippen molar-refractivity contribution in [3.05, 3.63) is 49.6 Å². The molecule has 1 aliphatic heterocycles. The van der Waals surface area contributed by atoms with E-state index in [0.29, 0.717) is 20.7 Å². The highest BCUT2D eigenvalue weighted by molar-refractivity contribution is 9.10. The van der Waals surface area contributed by atoms with Gasteiger partial charge < -0.3 is 9.47 Å². The second kappa shape index (κ2) is 5.60. The molecule has 3 nitrogen and oxygen atoms in total. The van der Waals surface area contributed by atoms with Gasteiger partial charge in [-0.25, -0.2) is 0 Å². The Labute approximate surface area is 132 Å². The third-order valence-electron chi connectivity index (χ3n) is 2.69. The zero-order chi connectivity index (χ0) is 14.1. The molecule has 1 aromatic heterocycles. The molecule has 6 heteroatoms. The SMILES string of the molecule is O=C(/C=C/c1cc(Br)c2c(c1)OCO2)c1ccc(Cl)s1. The van der Waals surface area contributed by atoms with Crippen LogP contribution in [0.5, 0.6) is 11.5 Å². The van der Waals surface area contributed by atoms with Gasteiger partial charge in [-0.1, -0.05) is 17.7 Å². The summed E-state index contributed by atoms with van der Waals surface area (Å²) < 4.78 is 12.0. The predicted octanol–water partition coefficient (Wildman–Crippen LogP) is 4.79. The van der Waals surface area contributed by atoms with E-state index in [2.05, 4.69) is 15.9 Å². The number of allylic oxidation sites excluding steroid dienone is 1. The Morgan fingerprint density at radius 1 is 1.35 bits per heavy atom. The molecular formula is C14H8BrClO3S. The molecule has 0 unspecified atom stereocenters. The van der Waals surface area contributed by atoms with Gasteiger partial charge in [-0.2, -0.15) is 0 Å². The molecule has 0 aliphatic carbocycles. The first-order chi connectivity index (χ1) is 9.63. The number of fused-ring (bicyclic) bond motifs is 1. The molecule has 0 spiro atoms. The van der Waals surface area contributed by atoms with Crippen molar-refractivity contribution in [2.24, 2.45) is 0 Å². The first-order valence-corrected chi connectivity index (χ1v) is 7.69. The molecule has 1 aliphatic rings. The molecule has 0 atom stereocenters. The van der Waals surface area contributed by atoms with E-state index in [9.17, 15) is 4.79 Å². The van der Waals surface area contributed by atoms with Crippen molar-refractivity contribution in [1.82, 2.24) is 0 Å². The molecule has 20 heavy (non-hydrogen) atoms. The van der Waals surface area contributed by atoms with E-state index in [0.717, 1.165) is 10.0 Å². The van der Waals surface area contributed by atoms with Crippen LogP contribution in [-0.2, 0) is 0 Å². The van der Waals surface area contributed by atoms with Crippen LogP contribution in [0.3, 0.4) is 0 Å². The average Bonchev–Trinajstić information content (AvgIpc) is 3.04. The summed E-state index contributed by atoms with van der Waals surface area (Å²) in [5.74, 6) is 1.29. The summed E-state index contributed by atoms with van der Waals surface area (Å²) in [7, 11) is 0. The largest absolute Gasteiger partial charge is 0.454 e. The lowest BCUT2D eigenvalue weighted by atomic mass is 10.1. The number of rotatable bonds is 3. The maximum absolute atomic E-state index is 11.9. The van der Waals surface area contributed by atoms with Gasteiger partial charge in [-0.15, -0.1) is 11.3 Å². The topological polar surface area (TPSA) is 35.5 Å². The standard InChI is InChI=1S/C14H8BrClO3S/c15-9-5-8(6-11-14(9)19-7-18-11)1-2-10(17)12-3-4-13(16)20-12/h1-6H,7H2/b2-1+. The van der Waals surface area contributed by atoms with Crippen molar-refractivity contribution in [2.75, 3.05) is 6.79 Å². The third kappa shape index (κ3) is 2.75. The Balaban J connectivity index is 1.83. The van der Waals surface area contributed by atoms with E-state index in [4.69, 9.17) is 21.1 Å².